The molecular formula is C27H36N2O3. The number of nitrogens with zero attached hydrogens (tertiary/aromatic N) is 2. The quantitative estimate of drug-likeness (QED) is 0.492. The zero-order chi connectivity index (χ0) is 23.4. The molecule has 1 aliphatic heterocycles. The lowest BCUT2D eigenvalue weighted by atomic mass is 9.89. The van der Waals surface area contributed by atoms with Crippen molar-refractivity contribution in [3.8, 4) is 22.6 Å². The van der Waals surface area contributed by atoms with Crippen molar-refractivity contribution in [2.24, 2.45) is 0 Å². The second-order valence-electron chi connectivity index (χ2n) is 9.02. The van der Waals surface area contributed by atoms with E-state index in [4.69, 9.17) is 0 Å². The number of urea groups is 1. The molecule has 5 heteroatoms. The van der Waals surface area contributed by atoms with Crippen molar-refractivity contribution in [2.45, 2.75) is 59.4 Å². The molecule has 0 atom stereocenters. The molecule has 0 aromatic heterocycles. The Labute approximate surface area is 192 Å². The van der Waals surface area contributed by atoms with Crippen LogP contribution in [0.25, 0.3) is 16.7 Å². The van der Waals surface area contributed by atoms with Crippen LogP contribution in [0.3, 0.4) is 0 Å². The number of rotatable bonds is 8. The fourth-order valence-electron chi connectivity index (χ4n) is 4.27. The molecule has 0 unspecified atom stereocenters. The minimum Gasteiger partial charge on any atom is -0.507 e. The number of likely N-dealkylation sites (tertiary alicyclic amines) is 1. The zero-order valence-corrected chi connectivity index (χ0v) is 19.9. The van der Waals surface area contributed by atoms with E-state index in [1.54, 1.807) is 18.0 Å². The summed E-state index contributed by atoms with van der Waals surface area (Å²) < 4.78 is 0. The predicted octanol–water partition coefficient (Wildman–Crippen LogP) is 6.10. The number of benzene rings is 2. The fraction of sp³-hybridized carbons (Fsp3) is 0.444. The monoisotopic (exact) mass is 436 g/mol. The van der Waals surface area contributed by atoms with Gasteiger partial charge in [0.05, 0.1) is 12.1 Å². The molecule has 2 amide bonds. The minimum atomic E-state index is -0.0250. The van der Waals surface area contributed by atoms with Gasteiger partial charge in [0, 0.05) is 25.7 Å². The van der Waals surface area contributed by atoms with Crippen molar-refractivity contribution in [1.29, 1.82) is 0 Å². The minimum absolute atomic E-state index is 0.0250. The molecule has 1 saturated heterocycles. The van der Waals surface area contributed by atoms with Gasteiger partial charge in [-0.05, 0) is 55.9 Å². The van der Waals surface area contributed by atoms with Crippen LogP contribution >= 0.6 is 0 Å². The van der Waals surface area contributed by atoms with Crippen LogP contribution in [-0.4, -0.2) is 46.2 Å². The Kier molecular flexibility index (Phi) is 7.49. The number of amides is 2. The van der Waals surface area contributed by atoms with E-state index in [1.807, 2.05) is 36.9 Å². The molecule has 1 fully saturated rings. The average Bonchev–Trinajstić information content (AvgIpc) is 2.69. The first-order chi connectivity index (χ1) is 15.2. The standard InChI is InChI=1S/C27H36N2O3/c1-6-7-8-10-20-16-24(30)25(22-15-19(4)11-12-21(22)18(2)3)26(31)23(20)17-28(5)27(32)29-13-9-14-29/h11-12,15-16,30-31H,2,6-10,13-14,17H2,1,3-5H3. The molecule has 0 saturated carbocycles. The maximum absolute atomic E-state index is 12.7. The lowest BCUT2D eigenvalue weighted by Gasteiger charge is -2.35. The largest absolute Gasteiger partial charge is 0.507 e. The van der Waals surface area contributed by atoms with Gasteiger partial charge in [-0.2, -0.15) is 0 Å². The first kappa shape index (κ1) is 23.7. The topological polar surface area (TPSA) is 64.0 Å². The van der Waals surface area contributed by atoms with Gasteiger partial charge in [-0.3, -0.25) is 0 Å². The molecular weight excluding hydrogens is 400 g/mol. The van der Waals surface area contributed by atoms with Crippen LogP contribution in [0.1, 0.15) is 61.8 Å². The Morgan fingerprint density at radius 2 is 1.91 bits per heavy atom. The van der Waals surface area contributed by atoms with Crippen LogP contribution in [0, 0.1) is 6.92 Å². The molecule has 0 spiro atoms. The van der Waals surface area contributed by atoms with Crippen LogP contribution in [0.15, 0.2) is 30.8 Å². The van der Waals surface area contributed by atoms with Gasteiger partial charge in [-0.25, -0.2) is 4.79 Å². The number of carbonyl (C=O) groups excluding carboxylic acids is 1. The van der Waals surface area contributed by atoms with E-state index in [9.17, 15) is 15.0 Å². The third kappa shape index (κ3) is 4.93. The maximum atomic E-state index is 12.7. The molecule has 1 aliphatic rings. The third-order valence-corrected chi connectivity index (χ3v) is 6.28. The summed E-state index contributed by atoms with van der Waals surface area (Å²) >= 11 is 0. The van der Waals surface area contributed by atoms with Crippen molar-refractivity contribution in [3.63, 3.8) is 0 Å². The molecule has 172 valence electrons. The number of aryl methyl sites for hydroxylation is 2. The Morgan fingerprint density at radius 1 is 1.19 bits per heavy atom. The molecule has 1 heterocycles. The van der Waals surface area contributed by atoms with E-state index in [-0.39, 0.29) is 17.5 Å². The first-order valence-electron chi connectivity index (χ1n) is 11.6. The van der Waals surface area contributed by atoms with Gasteiger partial charge in [0.2, 0.25) is 0 Å². The fourth-order valence-corrected chi connectivity index (χ4v) is 4.27. The lowest BCUT2D eigenvalue weighted by molar-refractivity contribution is 0.133. The molecule has 2 N–H and O–H groups in total. The summed E-state index contributed by atoms with van der Waals surface area (Å²) in [4.78, 5) is 16.2. The Balaban J connectivity index is 2.10. The highest BCUT2D eigenvalue weighted by Gasteiger charge is 2.26. The van der Waals surface area contributed by atoms with Gasteiger partial charge >= 0.3 is 6.03 Å². The van der Waals surface area contributed by atoms with Gasteiger partial charge < -0.3 is 20.0 Å². The molecule has 0 aliphatic carbocycles. The molecule has 2 aromatic rings. The Hall–Kier alpha value is -2.95. The van der Waals surface area contributed by atoms with Gasteiger partial charge in [0.25, 0.3) is 0 Å². The molecule has 0 bridgehead atoms. The van der Waals surface area contributed by atoms with Crippen molar-refractivity contribution < 1.29 is 15.0 Å². The number of phenolic OH excluding ortho intramolecular Hbond substituents is 2. The molecule has 2 aromatic carbocycles. The van der Waals surface area contributed by atoms with Crippen molar-refractivity contribution >= 4 is 11.6 Å². The van der Waals surface area contributed by atoms with Crippen LogP contribution in [0.4, 0.5) is 4.79 Å². The number of hydrogen-bond donors (Lipinski definition) is 2. The Morgan fingerprint density at radius 3 is 2.50 bits per heavy atom. The third-order valence-electron chi connectivity index (χ3n) is 6.28. The summed E-state index contributed by atoms with van der Waals surface area (Å²) in [7, 11) is 1.77. The summed E-state index contributed by atoms with van der Waals surface area (Å²) in [5, 5.41) is 22.5. The van der Waals surface area contributed by atoms with E-state index < -0.39 is 0 Å². The van der Waals surface area contributed by atoms with Crippen LogP contribution < -0.4 is 0 Å². The number of aromatic hydroxyl groups is 2. The number of phenols is 2. The van der Waals surface area contributed by atoms with Gasteiger partial charge in [-0.1, -0.05) is 55.7 Å². The van der Waals surface area contributed by atoms with E-state index in [0.717, 1.165) is 73.0 Å². The number of carbonyl (C=O) groups is 1. The summed E-state index contributed by atoms with van der Waals surface area (Å²) in [6.45, 7) is 12.0. The number of hydrogen-bond acceptors (Lipinski definition) is 3. The molecule has 3 rings (SSSR count). The highest BCUT2D eigenvalue weighted by atomic mass is 16.3. The summed E-state index contributed by atoms with van der Waals surface area (Å²) in [5.41, 5.74) is 5.54. The molecule has 5 nitrogen and oxygen atoms in total. The zero-order valence-electron chi connectivity index (χ0n) is 19.9. The summed E-state index contributed by atoms with van der Waals surface area (Å²) in [6, 6.07) is 7.69. The van der Waals surface area contributed by atoms with Gasteiger partial charge in [0.1, 0.15) is 11.5 Å². The number of unbranched alkanes of at least 4 members (excludes halogenated alkanes) is 2. The lowest BCUT2D eigenvalue weighted by Crippen LogP contribution is -2.48. The van der Waals surface area contributed by atoms with Crippen molar-refractivity contribution in [1.82, 2.24) is 9.80 Å². The number of allylic oxidation sites excluding steroid dienone is 1. The SMILES string of the molecule is C=C(C)c1ccc(C)cc1-c1c(O)cc(CCCCC)c(CN(C)C(=O)N2CCC2)c1O. The second-order valence-corrected chi connectivity index (χ2v) is 9.02. The van der Waals surface area contributed by atoms with E-state index >= 15 is 0 Å². The van der Waals surface area contributed by atoms with Crippen LogP contribution in [0.5, 0.6) is 11.5 Å². The van der Waals surface area contributed by atoms with E-state index in [1.165, 1.54) is 0 Å². The van der Waals surface area contributed by atoms with Gasteiger partial charge in [-0.15, -0.1) is 0 Å². The summed E-state index contributed by atoms with van der Waals surface area (Å²) in [5.74, 6) is 0.107. The highest BCUT2D eigenvalue weighted by molar-refractivity contribution is 5.87. The van der Waals surface area contributed by atoms with Gasteiger partial charge in [0.15, 0.2) is 0 Å². The van der Waals surface area contributed by atoms with E-state index in [2.05, 4.69) is 13.5 Å². The Bertz CT molecular complexity index is 1010. The normalized spacial score (nSPS) is 13.1. The van der Waals surface area contributed by atoms with Crippen molar-refractivity contribution in [3.05, 3.63) is 53.1 Å². The smallest absolute Gasteiger partial charge is 0.320 e. The van der Waals surface area contributed by atoms with Crippen LogP contribution in [0.2, 0.25) is 0 Å². The molecule has 32 heavy (non-hydrogen) atoms. The van der Waals surface area contributed by atoms with Crippen molar-refractivity contribution in [2.75, 3.05) is 20.1 Å². The average molecular weight is 437 g/mol. The summed E-state index contributed by atoms with van der Waals surface area (Å²) in [6.07, 6.45) is 4.91. The second kappa shape index (κ2) is 10.1. The molecule has 0 radical (unpaired) electrons. The highest BCUT2D eigenvalue weighted by Crippen LogP contribution is 2.45. The van der Waals surface area contributed by atoms with E-state index in [0.29, 0.717) is 17.7 Å². The predicted molar refractivity (Wildman–Crippen MR) is 131 cm³/mol. The first-order valence-corrected chi connectivity index (χ1v) is 11.6. The maximum Gasteiger partial charge on any atom is 0.320 e. The van der Waals surface area contributed by atoms with Crippen LogP contribution in [-0.2, 0) is 13.0 Å².